The van der Waals surface area contributed by atoms with Crippen LogP contribution in [-0.2, 0) is 0 Å². The van der Waals surface area contributed by atoms with Gasteiger partial charge in [-0.3, -0.25) is 0 Å². The van der Waals surface area contributed by atoms with Crippen molar-refractivity contribution < 1.29 is 13.2 Å². The van der Waals surface area contributed by atoms with Gasteiger partial charge in [-0.05, 0) is 43.9 Å². The van der Waals surface area contributed by atoms with Crippen molar-refractivity contribution >= 4 is 40.7 Å². The molecule has 0 aliphatic carbocycles. The Kier molecular flexibility index (Phi) is 6.08. The summed E-state index contributed by atoms with van der Waals surface area (Å²) in [4.78, 5) is 2.56. The lowest BCUT2D eigenvalue weighted by molar-refractivity contribution is -0.0329. The first-order chi connectivity index (χ1) is 8.29. The molecule has 0 amide bonds. The summed E-state index contributed by atoms with van der Waals surface area (Å²) < 4.78 is 35.8. The molecule has 1 rings (SSSR count). The predicted molar refractivity (Wildman–Crippen MR) is 77.2 cm³/mol. The lowest BCUT2D eigenvalue weighted by Crippen LogP contribution is -2.49. The zero-order chi connectivity index (χ0) is 13.8. The second-order valence-corrected chi connectivity index (χ2v) is 6.99. The minimum absolute atomic E-state index is 0.0418. The summed E-state index contributed by atoms with van der Waals surface area (Å²) in [5.41, 5.74) is 1.63. The van der Waals surface area contributed by atoms with E-state index in [1.807, 2.05) is 11.2 Å². The van der Waals surface area contributed by atoms with Crippen LogP contribution >= 0.6 is 35.7 Å². The van der Waals surface area contributed by atoms with Crippen LogP contribution in [-0.4, -0.2) is 51.8 Å². The monoisotopic (exact) mass is 318 g/mol. The molecule has 1 heterocycles. The molecule has 0 radical (unpaired) electrons. The van der Waals surface area contributed by atoms with Gasteiger partial charge in [0, 0.05) is 12.3 Å². The van der Waals surface area contributed by atoms with E-state index in [9.17, 15) is 13.2 Å². The Morgan fingerprint density at radius 2 is 1.94 bits per heavy atom. The van der Waals surface area contributed by atoms with Crippen LogP contribution in [0.1, 0.15) is 12.8 Å². The SMILES string of the molecule is CSC1(C(N)=S)CCN(CCSC(F)(F)F)CC1. The summed E-state index contributed by atoms with van der Waals surface area (Å²) in [5.74, 6) is 0.0862. The third kappa shape index (κ3) is 4.79. The van der Waals surface area contributed by atoms with E-state index < -0.39 is 5.51 Å². The molecular formula is C10H17F3N2S3. The van der Waals surface area contributed by atoms with Gasteiger partial charge in [0.15, 0.2) is 0 Å². The van der Waals surface area contributed by atoms with E-state index in [0.29, 0.717) is 11.5 Å². The van der Waals surface area contributed by atoms with Gasteiger partial charge in [-0.25, -0.2) is 0 Å². The largest absolute Gasteiger partial charge is 0.441 e. The number of nitrogens with zero attached hydrogens (tertiary/aromatic N) is 1. The molecule has 1 saturated heterocycles. The average molecular weight is 318 g/mol. The Labute approximate surface area is 119 Å². The smallest absolute Gasteiger partial charge is 0.392 e. The van der Waals surface area contributed by atoms with Gasteiger partial charge in [-0.2, -0.15) is 24.9 Å². The number of thiocarbonyl (C=S) groups is 1. The summed E-state index contributed by atoms with van der Waals surface area (Å²) in [6.07, 6.45) is 3.62. The number of hydrogen-bond donors (Lipinski definition) is 1. The Morgan fingerprint density at radius 1 is 1.39 bits per heavy atom. The third-order valence-corrected chi connectivity index (χ3v) is 5.82. The summed E-state index contributed by atoms with van der Waals surface area (Å²) in [7, 11) is 0. The first kappa shape index (κ1) is 16.4. The van der Waals surface area contributed by atoms with Gasteiger partial charge in [0.25, 0.3) is 0 Å². The lowest BCUT2D eigenvalue weighted by Gasteiger charge is -2.40. The molecule has 18 heavy (non-hydrogen) atoms. The molecule has 1 aliphatic heterocycles. The highest BCUT2D eigenvalue weighted by atomic mass is 32.2. The molecule has 0 aromatic rings. The molecule has 0 spiro atoms. The quantitative estimate of drug-likeness (QED) is 0.787. The van der Waals surface area contributed by atoms with Gasteiger partial charge in [0.1, 0.15) is 0 Å². The fraction of sp³-hybridized carbons (Fsp3) is 0.900. The number of rotatable bonds is 5. The molecule has 8 heteroatoms. The second kappa shape index (κ2) is 6.67. The molecule has 2 nitrogen and oxygen atoms in total. The van der Waals surface area contributed by atoms with E-state index in [-0.39, 0.29) is 22.3 Å². The van der Waals surface area contributed by atoms with Crippen LogP contribution in [0.3, 0.4) is 0 Å². The van der Waals surface area contributed by atoms with Gasteiger partial charge in [-0.15, -0.1) is 0 Å². The number of thioether (sulfide) groups is 2. The van der Waals surface area contributed by atoms with Crippen molar-refractivity contribution in [2.24, 2.45) is 5.73 Å². The van der Waals surface area contributed by atoms with Crippen molar-refractivity contribution in [3.8, 4) is 0 Å². The predicted octanol–water partition coefficient (Wildman–Crippen LogP) is 2.72. The summed E-state index contributed by atoms with van der Waals surface area (Å²) in [6, 6.07) is 0. The van der Waals surface area contributed by atoms with E-state index >= 15 is 0 Å². The van der Waals surface area contributed by atoms with Crippen LogP contribution in [0.5, 0.6) is 0 Å². The molecule has 1 fully saturated rings. The zero-order valence-corrected chi connectivity index (χ0v) is 12.6. The number of hydrogen-bond acceptors (Lipinski definition) is 4. The van der Waals surface area contributed by atoms with Crippen LogP contribution in [0.15, 0.2) is 0 Å². The van der Waals surface area contributed by atoms with Crippen molar-refractivity contribution in [3.05, 3.63) is 0 Å². The van der Waals surface area contributed by atoms with Gasteiger partial charge in [0.2, 0.25) is 0 Å². The summed E-state index contributed by atoms with van der Waals surface area (Å²) >= 11 is 6.78. The number of halogens is 3. The Balaban J connectivity index is 2.33. The standard InChI is InChI=1S/C10H17F3N2S3/c1-17-9(8(14)16)2-4-15(5-3-9)6-7-18-10(11,12)13/h2-7H2,1H3,(H2,14,16). The number of piperidine rings is 1. The van der Waals surface area contributed by atoms with Gasteiger partial charge in [-0.1, -0.05) is 12.2 Å². The fourth-order valence-corrected chi connectivity index (χ4v) is 3.81. The maximum absolute atomic E-state index is 12.0. The summed E-state index contributed by atoms with van der Waals surface area (Å²) in [5, 5.41) is 0. The topological polar surface area (TPSA) is 29.3 Å². The highest BCUT2D eigenvalue weighted by molar-refractivity contribution is 8.02. The van der Waals surface area contributed by atoms with Crippen LogP contribution in [0, 0.1) is 0 Å². The van der Waals surface area contributed by atoms with Crippen molar-refractivity contribution in [2.75, 3.05) is 31.6 Å². The number of likely N-dealkylation sites (tertiary alicyclic amines) is 1. The van der Waals surface area contributed by atoms with Crippen LogP contribution in [0.4, 0.5) is 13.2 Å². The van der Waals surface area contributed by atoms with Gasteiger partial charge >= 0.3 is 5.51 Å². The average Bonchev–Trinajstić information content (AvgIpc) is 2.28. The molecule has 0 bridgehead atoms. The number of nitrogens with two attached hydrogens (primary N) is 1. The van der Waals surface area contributed by atoms with E-state index in [2.05, 4.69) is 0 Å². The molecule has 0 atom stereocenters. The number of alkyl halides is 3. The van der Waals surface area contributed by atoms with Crippen molar-refractivity contribution in [1.29, 1.82) is 0 Å². The molecule has 0 aromatic heterocycles. The molecule has 2 N–H and O–H groups in total. The van der Waals surface area contributed by atoms with E-state index in [4.69, 9.17) is 18.0 Å². The van der Waals surface area contributed by atoms with Crippen LogP contribution in [0.2, 0.25) is 0 Å². The third-order valence-electron chi connectivity index (χ3n) is 3.18. The normalized spacial score (nSPS) is 20.9. The Morgan fingerprint density at radius 3 is 2.33 bits per heavy atom. The van der Waals surface area contributed by atoms with Crippen molar-refractivity contribution in [1.82, 2.24) is 4.90 Å². The maximum Gasteiger partial charge on any atom is 0.441 e. The van der Waals surface area contributed by atoms with Gasteiger partial charge in [0.05, 0.1) is 9.74 Å². The first-order valence-corrected chi connectivity index (χ1v) is 8.19. The van der Waals surface area contributed by atoms with Gasteiger partial charge < -0.3 is 10.6 Å². The first-order valence-electron chi connectivity index (χ1n) is 5.57. The van der Waals surface area contributed by atoms with E-state index in [0.717, 1.165) is 25.9 Å². The molecule has 0 saturated carbocycles. The van der Waals surface area contributed by atoms with E-state index in [1.54, 1.807) is 11.8 Å². The molecule has 1 aliphatic rings. The molecular weight excluding hydrogens is 301 g/mol. The van der Waals surface area contributed by atoms with Crippen molar-refractivity contribution in [3.63, 3.8) is 0 Å². The fourth-order valence-electron chi connectivity index (χ4n) is 1.98. The Hall–Kier alpha value is 0.340. The molecule has 106 valence electrons. The molecule has 0 aromatic carbocycles. The summed E-state index contributed by atoms with van der Waals surface area (Å²) in [6.45, 7) is 1.99. The second-order valence-electron chi connectivity index (χ2n) is 4.20. The maximum atomic E-state index is 12.0. The lowest BCUT2D eigenvalue weighted by atomic mass is 9.95. The minimum Gasteiger partial charge on any atom is -0.392 e. The zero-order valence-electron chi connectivity index (χ0n) is 10.1. The highest BCUT2D eigenvalue weighted by Crippen LogP contribution is 2.35. The minimum atomic E-state index is -4.13. The highest BCUT2D eigenvalue weighted by Gasteiger charge is 2.36. The Bertz CT molecular complexity index is 289. The van der Waals surface area contributed by atoms with Crippen LogP contribution < -0.4 is 5.73 Å². The molecule has 0 unspecified atom stereocenters. The van der Waals surface area contributed by atoms with Crippen molar-refractivity contribution in [2.45, 2.75) is 23.1 Å². The van der Waals surface area contributed by atoms with Crippen LogP contribution in [0.25, 0.3) is 0 Å². The van der Waals surface area contributed by atoms with E-state index in [1.165, 1.54) is 0 Å².